The molecule has 2 aromatic rings. The molecule has 0 saturated carbocycles. The van der Waals surface area contributed by atoms with Gasteiger partial charge in [-0.2, -0.15) is 10.2 Å². The van der Waals surface area contributed by atoms with Crippen LogP contribution in [0.3, 0.4) is 0 Å². The van der Waals surface area contributed by atoms with Crippen molar-refractivity contribution in [2.75, 3.05) is 27.2 Å². The lowest BCUT2D eigenvalue weighted by Gasteiger charge is -2.47. The van der Waals surface area contributed by atoms with Crippen molar-refractivity contribution in [2.24, 2.45) is 0 Å². The van der Waals surface area contributed by atoms with E-state index in [0.717, 1.165) is 5.56 Å². The summed E-state index contributed by atoms with van der Waals surface area (Å²) in [6.45, 7) is 0.955. The molecule has 3 rings (SSSR count). The maximum atomic E-state index is 12.7. The minimum atomic E-state index is -0.974. The van der Waals surface area contributed by atoms with Gasteiger partial charge in [0.25, 0.3) is 5.91 Å². The minimum absolute atomic E-state index is 0.0770. The second-order valence-electron chi connectivity index (χ2n) is 6.40. The molecular formula is C18H22N4O2. The summed E-state index contributed by atoms with van der Waals surface area (Å²) in [5.74, 6) is -0.0770. The molecule has 1 aromatic heterocycles. The molecule has 24 heavy (non-hydrogen) atoms. The molecule has 6 heteroatoms. The van der Waals surface area contributed by atoms with E-state index in [2.05, 4.69) is 10.2 Å². The lowest BCUT2D eigenvalue weighted by molar-refractivity contribution is -0.0810. The van der Waals surface area contributed by atoms with Crippen LogP contribution in [0.15, 0.2) is 48.8 Å². The number of aliphatic hydroxyl groups is 1. The average molecular weight is 326 g/mol. The molecule has 1 aliphatic heterocycles. The normalized spacial score (nSPS) is 24.2. The summed E-state index contributed by atoms with van der Waals surface area (Å²) >= 11 is 0. The highest BCUT2D eigenvalue weighted by Gasteiger charge is 2.45. The minimum Gasteiger partial charge on any atom is -0.383 e. The molecule has 0 unspecified atom stereocenters. The monoisotopic (exact) mass is 326 g/mol. The quantitative estimate of drug-likeness (QED) is 0.916. The Labute approximate surface area is 141 Å². The van der Waals surface area contributed by atoms with Gasteiger partial charge in [0.1, 0.15) is 5.60 Å². The highest BCUT2D eigenvalue weighted by molar-refractivity contribution is 5.93. The second-order valence-corrected chi connectivity index (χ2v) is 6.40. The zero-order valence-corrected chi connectivity index (χ0v) is 14.0. The number of nitrogens with zero attached hydrogens (tertiary/aromatic N) is 4. The maximum Gasteiger partial charge on any atom is 0.255 e. The number of hydrogen-bond donors (Lipinski definition) is 1. The lowest BCUT2D eigenvalue weighted by atomic mass is 9.79. The fourth-order valence-corrected chi connectivity index (χ4v) is 3.36. The molecule has 0 aliphatic carbocycles. The van der Waals surface area contributed by atoms with Crippen molar-refractivity contribution in [2.45, 2.75) is 18.1 Å². The van der Waals surface area contributed by atoms with E-state index in [1.54, 1.807) is 11.0 Å². The topological polar surface area (TPSA) is 69.6 Å². The van der Waals surface area contributed by atoms with Crippen LogP contribution in [0.5, 0.6) is 0 Å². The van der Waals surface area contributed by atoms with Gasteiger partial charge in [0.05, 0.1) is 24.0 Å². The number of rotatable bonds is 3. The van der Waals surface area contributed by atoms with E-state index < -0.39 is 5.60 Å². The van der Waals surface area contributed by atoms with Crippen molar-refractivity contribution in [3.63, 3.8) is 0 Å². The van der Waals surface area contributed by atoms with Crippen molar-refractivity contribution >= 4 is 5.91 Å². The molecule has 0 bridgehead atoms. The molecule has 1 amide bonds. The van der Waals surface area contributed by atoms with Gasteiger partial charge in [0.15, 0.2) is 0 Å². The van der Waals surface area contributed by atoms with Crippen LogP contribution in [-0.4, -0.2) is 64.2 Å². The number of likely N-dealkylation sites (N-methyl/N-ethyl adjacent to an activating group) is 1. The van der Waals surface area contributed by atoms with E-state index in [1.807, 2.05) is 49.3 Å². The number of benzene rings is 1. The summed E-state index contributed by atoms with van der Waals surface area (Å²) in [5, 5.41) is 18.8. The Morgan fingerprint density at radius 2 is 2.00 bits per heavy atom. The summed E-state index contributed by atoms with van der Waals surface area (Å²) in [7, 11) is 3.86. The highest BCUT2D eigenvalue weighted by atomic mass is 16.3. The van der Waals surface area contributed by atoms with Crippen molar-refractivity contribution in [1.29, 1.82) is 0 Å². The number of aromatic nitrogens is 2. The van der Waals surface area contributed by atoms with E-state index in [-0.39, 0.29) is 11.9 Å². The third kappa shape index (κ3) is 3.02. The summed E-state index contributed by atoms with van der Waals surface area (Å²) in [5.41, 5.74) is 0.437. The first kappa shape index (κ1) is 16.5. The van der Waals surface area contributed by atoms with E-state index in [4.69, 9.17) is 0 Å². The first-order valence-electron chi connectivity index (χ1n) is 8.02. The number of carbonyl (C=O) groups is 1. The zero-order valence-electron chi connectivity index (χ0n) is 14.0. The van der Waals surface area contributed by atoms with Crippen LogP contribution in [0.1, 0.15) is 22.3 Å². The van der Waals surface area contributed by atoms with Gasteiger partial charge in [0, 0.05) is 13.1 Å². The fraction of sp³-hybridized carbons (Fsp3) is 0.389. The molecule has 1 saturated heterocycles. The second kappa shape index (κ2) is 6.67. The molecule has 0 spiro atoms. The number of piperidine rings is 1. The standard InChI is InChI=1S/C18H22N4O2/c1-21(2)16-13-22(17(23)14-8-10-19-20-12-14)11-9-18(16,24)15-6-4-3-5-7-15/h3-8,10,12,16,24H,9,11,13H2,1-2H3/t16-,18+/m1/s1. The van der Waals surface area contributed by atoms with Crippen LogP contribution >= 0.6 is 0 Å². The van der Waals surface area contributed by atoms with Crippen LogP contribution < -0.4 is 0 Å². The Kier molecular flexibility index (Phi) is 4.59. The Bertz CT molecular complexity index is 693. The number of likely N-dealkylation sites (tertiary alicyclic amines) is 1. The van der Waals surface area contributed by atoms with E-state index in [0.29, 0.717) is 25.1 Å². The van der Waals surface area contributed by atoms with E-state index in [1.165, 1.54) is 12.4 Å². The van der Waals surface area contributed by atoms with Crippen LogP contribution in [-0.2, 0) is 5.60 Å². The molecule has 1 fully saturated rings. The molecular weight excluding hydrogens is 304 g/mol. The van der Waals surface area contributed by atoms with Gasteiger partial charge >= 0.3 is 0 Å². The molecule has 2 atom stereocenters. The Morgan fingerprint density at radius 3 is 2.62 bits per heavy atom. The first-order chi connectivity index (χ1) is 11.5. The largest absolute Gasteiger partial charge is 0.383 e. The van der Waals surface area contributed by atoms with Gasteiger partial charge in [-0.3, -0.25) is 4.79 Å². The van der Waals surface area contributed by atoms with Gasteiger partial charge in [-0.05, 0) is 32.1 Å². The molecule has 126 valence electrons. The van der Waals surface area contributed by atoms with Gasteiger partial charge < -0.3 is 14.9 Å². The first-order valence-corrected chi connectivity index (χ1v) is 8.02. The van der Waals surface area contributed by atoms with Crippen molar-refractivity contribution in [3.8, 4) is 0 Å². The smallest absolute Gasteiger partial charge is 0.255 e. The fourth-order valence-electron chi connectivity index (χ4n) is 3.36. The van der Waals surface area contributed by atoms with E-state index in [9.17, 15) is 9.90 Å². The molecule has 2 heterocycles. The predicted molar refractivity (Wildman–Crippen MR) is 90.4 cm³/mol. The Hall–Kier alpha value is -2.31. The van der Waals surface area contributed by atoms with Crippen LogP contribution in [0, 0.1) is 0 Å². The third-order valence-corrected chi connectivity index (χ3v) is 4.72. The molecule has 1 aliphatic rings. The van der Waals surface area contributed by atoms with Crippen molar-refractivity contribution < 1.29 is 9.90 Å². The lowest BCUT2D eigenvalue weighted by Crippen LogP contribution is -2.60. The van der Waals surface area contributed by atoms with Gasteiger partial charge in [-0.25, -0.2) is 0 Å². The summed E-state index contributed by atoms with van der Waals surface area (Å²) < 4.78 is 0. The molecule has 0 radical (unpaired) electrons. The Balaban J connectivity index is 1.85. The van der Waals surface area contributed by atoms with Crippen molar-refractivity contribution in [1.82, 2.24) is 20.0 Å². The van der Waals surface area contributed by atoms with E-state index >= 15 is 0 Å². The highest BCUT2D eigenvalue weighted by Crippen LogP contribution is 2.35. The molecule has 1 N–H and O–H groups in total. The van der Waals surface area contributed by atoms with Gasteiger partial charge in [-0.1, -0.05) is 30.3 Å². The summed E-state index contributed by atoms with van der Waals surface area (Å²) in [6.07, 6.45) is 3.48. The number of amides is 1. The third-order valence-electron chi connectivity index (χ3n) is 4.72. The zero-order chi connectivity index (χ0) is 17.2. The average Bonchev–Trinajstić information content (AvgIpc) is 2.63. The SMILES string of the molecule is CN(C)[C@@H]1CN(C(=O)c2ccnnc2)CC[C@]1(O)c1ccccc1. The van der Waals surface area contributed by atoms with Gasteiger partial charge in [-0.15, -0.1) is 0 Å². The predicted octanol–water partition coefficient (Wildman–Crippen LogP) is 1.14. The van der Waals surface area contributed by atoms with Crippen LogP contribution in [0.25, 0.3) is 0 Å². The number of hydrogen-bond acceptors (Lipinski definition) is 5. The molecule has 6 nitrogen and oxygen atoms in total. The number of carbonyl (C=O) groups excluding carboxylic acids is 1. The van der Waals surface area contributed by atoms with Crippen LogP contribution in [0.2, 0.25) is 0 Å². The van der Waals surface area contributed by atoms with Crippen LogP contribution in [0.4, 0.5) is 0 Å². The Morgan fingerprint density at radius 1 is 1.25 bits per heavy atom. The maximum absolute atomic E-state index is 12.7. The molecule has 1 aromatic carbocycles. The summed E-state index contributed by atoms with van der Waals surface area (Å²) in [4.78, 5) is 16.4. The van der Waals surface area contributed by atoms with Crippen molar-refractivity contribution in [3.05, 3.63) is 59.9 Å². The van der Waals surface area contributed by atoms with Gasteiger partial charge in [0.2, 0.25) is 0 Å². The summed E-state index contributed by atoms with van der Waals surface area (Å²) in [6, 6.07) is 11.2.